The molecule has 0 fully saturated rings. The van der Waals surface area contributed by atoms with Crippen LogP contribution in [-0.2, 0) is 4.74 Å². The van der Waals surface area contributed by atoms with Gasteiger partial charge in [-0.05, 0) is 53.9 Å². The third kappa shape index (κ3) is 3.99. The Hall–Kier alpha value is -1.52. The van der Waals surface area contributed by atoms with Gasteiger partial charge in [-0.1, -0.05) is 6.07 Å². The molecular weight excluding hydrogens is 270 g/mol. The van der Waals surface area contributed by atoms with Crippen LogP contribution < -0.4 is 10.1 Å². The third-order valence-electron chi connectivity index (χ3n) is 3.10. The molecule has 0 saturated carbocycles. The highest BCUT2D eigenvalue weighted by atomic mass is 32.1. The van der Waals surface area contributed by atoms with Crippen LogP contribution in [0.5, 0.6) is 5.75 Å². The Labute approximate surface area is 124 Å². The van der Waals surface area contributed by atoms with Crippen molar-refractivity contribution in [1.29, 1.82) is 0 Å². The van der Waals surface area contributed by atoms with E-state index >= 15 is 0 Å². The minimum absolute atomic E-state index is 0.258. The first-order valence-corrected chi connectivity index (χ1v) is 7.66. The summed E-state index contributed by atoms with van der Waals surface area (Å²) in [6, 6.07) is 8.61. The molecule has 108 valence electrons. The van der Waals surface area contributed by atoms with Gasteiger partial charge in [-0.3, -0.25) is 0 Å². The van der Waals surface area contributed by atoms with Gasteiger partial charge in [-0.2, -0.15) is 11.3 Å². The lowest BCUT2D eigenvalue weighted by molar-refractivity contribution is 0.146. The number of rotatable bonds is 7. The van der Waals surface area contributed by atoms with Crippen molar-refractivity contribution in [2.75, 3.05) is 25.6 Å². The van der Waals surface area contributed by atoms with Crippen LogP contribution >= 0.6 is 11.3 Å². The van der Waals surface area contributed by atoms with Gasteiger partial charge in [0.1, 0.15) is 12.4 Å². The van der Waals surface area contributed by atoms with Crippen LogP contribution in [0.1, 0.15) is 24.1 Å². The molecule has 0 amide bonds. The lowest BCUT2D eigenvalue weighted by atomic mass is 10.1. The normalized spacial score (nSPS) is 12.2. The standard InChI is InChI=1S/C16H21NO2S/c1-12-4-5-15(16(10-12)19-8-7-18-3)17-13(2)14-6-9-20-11-14/h4-6,9-11,13,17H,7-8H2,1-3H3. The van der Waals surface area contributed by atoms with Crippen LogP contribution in [0.3, 0.4) is 0 Å². The largest absolute Gasteiger partial charge is 0.489 e. The number of ether oxygens (including phenoxy) is 2. The number of benzene rings is 1. The van der Waals surface area contributed by atoms with Gasteiger partial charge in [-0.15, -0.1) is 0 Å². The molecule has 0 saturated heterocycles. The highest BCUT2D eigenvalue weighted by Crippen LogP contribution is 2.30. The second-order valence-electron chi connectivity index (χ2n) is 4.76. The van der Waals surface area contributed by atoms with E-state index in [1.165, 1.54) is 11.1 Å². The number of nitrogens with one attached hydrogen (secondary N) is 1. The maximum absolute atomic E-state index is 5.79. The molecule has 0 bridgehead atoms. The van der Waals surface area contributed by atoms with Crippen molar-refractivity contribution in [3.8, 4) is 5.75 Å². The van der Waals surface area contributed by atoms with Gasteiger partial charge in [-0.25, -0.2) is 0 Å². The van der Waals surface area contributed by atoms with E-state index in [-0.39, 0.29) is 6.04 Å². The molecule has 2 rings (SSSR count). The first-order chi connectivity index (χ1) is 9.70. The zero-order valence-electron chi connectivity index (χ0n) is 12.2. The Bertz CT molecular complexity index is 525. The summed E-state index contributed by atoms with van der Waals surface area (Å²) in [6.45, 7) is 5.37. The van der Waals surface area contributed by atoms with Gasteiger partial charge < -0.3 is 14.8 Å². The lowest BCUT2D eigenvalue weighted by Gasteiger charge is -2.18. The van der Waals surface area contributed by atoms with Crippen LogP contribution in [0.25, 0.3) is 0 Å². The van der Waals surface area contributed by atoms with Gasteiger partial charge in [0.15, 0.2) is 0 Å². The smallest absolute Gasteiger partial charge is 0.142 e. The fraction of sp³-hybridized carbons (Fsp3) is 0.375. The Morgan fingerprint density at radius 1 is 1.25 bits per heavy atom. The van der Waals surface area contributed by atoms with E-state index in [0.29, 0.717) is 13.2 Å². The van der Waals surface area contributed by atoms with Crippen molar-refractivity contribution in [2.24, 2.45) is 0 Å². The van der Waals surface area contributed by atoms with Crippen LogP contribution in [0.2, 0.25) is 0 Å². The van der Waals surface area contributed by atoms with E-state index in [1.807, 2.05) is 0 Å². The Morgan fingerprint density at radius 3 is 2.80 bits per heavy atom. The summed E-state index contributed by atoms with van der Waals surface area (Å²) in [7, 11) is 1.68. The third-order valence-corrected chi connectivity index (χ3v) is 3.80. The number of aryl methyl sites for hydroxylation is 1. The molecule has 3 nitrogen and oxygen atoms in total. The van der Waals surface area contributed by atoms with Crippen molar-refractivity contribution < 1.29 is 9.47 Å². The molecule has 1 N–H and O–H groups in total. The molecule has 0 aliphatic carbocycles. The number of methoxy groups -OCH3 is 1. The quantitative estimate of drug-likeness (QED) is 0.773. The van der Waals surface area contributed by atoms with E-state index in [4.69, 9.17) is 9.47 Å². The number of hydrogen-bond acceptors (Lipinski definition) is 4. The van der Waals surface area contributed by atoms with Crippen LogP contribution in [0, 0.1) is 6.92 Å². The lowest BCUT2D eigenvalue weighted by Crippen LogP contribution is -2.10. The van der Waals surface area contributed by atoms with Crippen molar-refractivity contribution in [1.82, 2.24) is 0 Å². The summed E-state index contributed by atoms with van der Waals surface area (Å²) < 4.78 is 10.8. The topological polar surface area (TPSA) is 30.5 Å². The molecule has 1 atom stereocenters. The summed E-state index contributed by atoms with van der Waals surface area (Å²) >= 11 is 1.71. The van der Waals surface area contributed by atoms with E-state index in [0.717, 1.165) is 11.4 Å². The summed E-state index contributed by atoms with van der Waals surface area (Å²) in [5.41, 5.74) is 3.50. The summed E-state index contributed by atoms with van der Waals surface area (Å²) in [4.78, 5) is 0. The molecule has 2 aromatic rings. The number of anilines is 1. The summed E-state index contributed by atoms with van der Waals surface area (Å²) in [5.74, 6) is 0.879. The van der Waals surface area contributed by atoms with Gasteiger partial charge in [0.25, 0.3) is 0 Å². The van der Waals surface area contributed by atoms with Gasteiger partial charge in [0, 0.05) is 13.2 Å². The highest BCUT2D eigenvalue weighted by Gasteiger charge is 2.10. The molecule has 0 radical (unpaired) electrons. The fourth-order valence-electron chi connectivity index (χ4n) is 1.94. The molecule has 1 heterocycles. The molecule has 20 heavy (non-hydrogen) atoms. The predicted octanol–water partition coefficient (Wildman–Crippen LogP) is 4.25. The predicted molar refractivity (Wildman–Crippen MR) is 84.9 cm³/mol. The van der Waals surface area contributed by atoms with E-state index < -0.39 is 0 Å². The molecule has 0 aliphatic rings. The number of hydrogen-bond donors (Lipinski definition) is 1. The zero-order valence-corrected chi connectivity index (χ0v) is 13.0. The van der Waals surface area contributed by atoms with E-state index in [1.54, 1.807) is 18.4 Å². The highest BCUT2D eigenvalue weighted by molar-refractivity contribution is 7.07. The molecule has 0 aliphatic heterocycles. The molecule has 4 heteroatoms. The fourth-order valence-corrected chi connectivity index (χ4v) is 2.70. The maximum atomic E-state index is 5.79. The summed E-state index contributed by atoms with van der Waals surface area (Å²) in [6.07, 6.45) is 0. The van der Waals surface area contributed by atoms with Crippen molar-refractivity contribution in [3.63, 3.8) is 0 Å². The second kappa shape index (κ2) is 7.31. The average Bonchev–Trinajstić information content (AvgIpc) is 2.96. The van der Waals surface area contributed by atoms with Crippen LogP contribution in [0.4, 0.5) is 5.69 Å². The maximum Gasteiger partial charge on any atom is 0.142 e. The first-order valence-electron chi connectivity index (χ1n) is 6.71. The minimum atomic E-state index is 0.258. The molecule has 1 aromatic carbocycles. The van der Waals surface area contributed by atoms with E-state index in [9.17, 15) is 0 Å². The molecular formula is C16H21NO2S. The average molecular weight is 291 g/mol. The van der Waals surface area contributed by atoms with Crippen molar-refractivity contribution >= 4 is 17.0 Å². The van der Waals surface area contributed by atoms with Gasteiger partial charge >= 0.3 is 0 Å². The first kappa shape index (κ1) is 14.9. The van der Waals surface area contributed by atoms with Crippen LogP contribution in [0.15, 0.2) is 35.0 Å². The van der Waals surface area contributed by atoms with Gasteiger partial charge in [0.2, 0.25) is 0 Å². The van der Waals surface area contributed by atoms with Gasteiger partial charge in [0.05, 0.1) is 12.3 Å². The van der Waals surface area contributed by atoms with E-state index in [2.05, 4.69) is 54.2 Å². The minimum Gasteiger partial charge on any atom is -0.489 e. The van der Waals surface area contributed by atoms with Crippen LogP contribution in [-0.4, -0.2) is 20.3 Å². The second-order valence-corrected chi connectivity index (χ2v) is 5.54. The number of thiophene rings is 1. The monoisotopic (exact) mass is 291 g/mol. The Kier molecular flexibility index (Phi) is 5.44. The Balaban J connectivity index is 2.09. The SMILES string of the molecule is COCCOc1cc(C)ccc1NC(C)c1ccsc1. The molecule has 1 unspecified atom stereocenters. The Morgan fingerprint density at radius 2 is 2.10 bits per heavy atom. The summed E-state index contributed by atoms with van der Waals surface area (Å²) in [5, 5.41) is 7.77. The molecule has 0 spiro atoms. The van der Waals surface area contributed by atoms with Crippen molar-refractivity contribution in [2.45, 2.75) is 19.9 Å². The van der Waals surface area contributed by atoms with Crippen molar-refractivity contribution in [3.05, 3.63) is 46.2 Å². The zero-order chi connectivity index (χ0) is 14.4. The molecule has 1 aromatic heterocycles.